The molecule has 204 valence electrons. The lowest BCUT2D eigenvalue weighted by Gasteiger charge is -2.15. The number of nitrogens with zero attached hydrogens (tertiary/aromatic N) is 4. The first-order chi connectivity index (χ1) is 19.9. The van der Waals surface area contributed by atoms with E-state index < -0.39 is 23.8 Å². The molecule has 0 amide bonds. The van der Waals surface area contributed by atoms with Gasteiger partial charge in [-0.1, -0.05) is 29.3 Å². The summed E-state index contributed by atoms with van der Waals surface area (Å²) >= 11 is 0. The number of nitriles is 1. The van der Waals surface area contributed by atoms with Gasteiger partial charge >= 0.3 is 5.97 Å². The van der Waals surface area contributed by atoms with E-state index in [2.05, 4.69) is 17.1 Å². The summed E-state index contributed by atoms with van der Waals surface area (Å²) in [6.07, 6.45) is 6.67. The average Bonchev–Trinajstić information content (AvgIpc) is 3.46. The number of carbonyl (C=O) groups is 1. The smallest absolute Gasteiger partial charge is 0.303 e. The fourth-order valence-electron chi connectivity index (χ4n) is 4.93. The largest absolute Gasteiger partial charge is 0.481 e. The van der Waals surface area contributed by atoms with Crippen molar-refractivity contribution in [3.05, 3.63) is 105 Å². The Balaban J connectivity index is 1.46. The molecule has 1 aliphatic rings. The number of aromatic nitrogens is 2. The molecule has 0 bridgehead atoms. The lowest BCUT2D eigenvalue weighted by Crippen LogP contribution is -2.24. The van der Waals surface area contributed by atoms with Gasteiger partial charge in [-0.05, 0) is 66.9 Å². The van der Waals surface area contributed by atoms with Crippen molar-refractivity contribution in [1.29, 1.82) is 5.26 Å². The first-order valence-electron chi connectivity index (χ1n) is 13.1. The summed E-state index contributed by atoms with van der Waals surface area (Å²) < 4.78 is 15.0. The Morgan fingerprint density at radius 2 is 1.98 bits per heavy atom. The van der Waals surface area contributed by atoms with Gasteiger partial charge in [0.05, 0.1) is 28.4 Å². The van der Waals surface area contributed by atoms with E-state index in [9.17, 15) is 19.2 Å². The van der Waals surface area contributed by atoms with Gasteiger partial charge in [0.15, 0.2) is 6.10 Å². The highest BCUT2D eigenvalue weighted by Gasteiger charge is 2.32. The van der Waals surface area contributed by atoms with Gasteiger partial charge in [0, 0.05) is 30.4 Å². The van der Waals surface area contributed by atoms with E-state index in [1.54, 1.807) is 36.4 Å². The molecule has 4 aromatic rings. The predicted octanol–water partition coefficient (Wildman–Crippen LogP) is 5.10. The SMILES string of the molecule is C#Cc1cccc(C(C#N)C2CC(c3ccc4c(=O)n(-c5ccc(F)cc5)c(CCCCC(=O)O)nc4c3)=NO2)c1. The van der Waals surface area contributed by atoms with Gasteiger partial charge in [-0.2, -0.15) is 5.26 Å². The molecule has 1 aliphatic heterocycles. The van der Waals surface area contributed by atoms with Crippen molar-refractivity contribution in [1.82, 2.24) is 9.55 Å². The first-order valence-corrected chi connectivity index (χ1v) is 13.1. The van der Waals surface area contributed by atoms with Gasteiger partial charge in [-0.3, -0.25) is 14.2 Å². The second-order valence-corrected chi connectivity index (χ2v) is 9.74. The minimum atomic E-state index is -0.891. The minimum absolute atomic E-state index is 0.0101. The molecule has 9 heteroatoms. The number of benzene rings is 3. The number of halogens is 1. The minimum Gasteiger partial charge on any atom is -0.481 e. The molecule has 2 heterocycles. The standard InChI is InChI=1S/C32H25FN4O4/c1-2-20-6-5-7-21(16-20)26(19-34)29-18-27(36-41-29)22-10-15-25-28(17-22)35-30(8-3-4-9-31(38)39)37(32(25)40)24-13-11-23(33)12-14-24/h1,5-7,10-17,26,29H,3-4,8-9,18H2,(H,38,39). The maximum Gasteiger partial charge on any atom is 0.303 e. The zero-order chi connectivity index (χ0) is 28.9. The van der Waals surface area contributed by atoms with E-state index in [0.717, 1.165) is 5.56 Å². The van der Waals surface area contributed by atoms with Crippen LogP contribution < -0.4 is 5.56 Å². The molecule has 8 nitrogen and oxygen atoms in total. The van der Waals surface area contributed by atoms with Crippen molar-refractivity contribution in [2.45, 2.75) is 44.1 Å². The predicted molar refractivity (Wildman–Crippen MR) is 151 cm³/mol. The van der Waals surface area contributed by atoms with E-state index in [0.29, 0.717) is 64.9 Å². The number of rotatable bonds is 9. The third kappa shape index (κ3) is 5.85. The van der Waals surface area contributed by atoms with Gasteiger partial charge in [-0.25, -0.2) is 9.37 Å². The topological polar surface area (TPSA) is 118 Å². The molecular formula is C32H25FN4O4. The van der Waals surface area contributed by atoms with E-state index in [1.165, 1.54) is 28.8 Å². The highest BCUT2D eigenvalue weighted by molar-refractivity contribution is 6.03. The molecule has 0 spiro atoms. The molecule has 2 unspecified atom stereocenters. The molecule has 5 rings (SSSR count). The zero-order valence-corrected chi connectivity index (χ0v) is 22.0. The van der Waals surface area contributed by atoms with Crippen molar-refractivity contribution >= 4 is 22.6 Å². The molecule has 0 radical (unpaired) electrons. The van der Waals surface area contributed by atoms with Crippen molar-refractivity contribution in [2.75, 3.05) is 0 Å². The Kier molecular flexibility index (Phi) is 7.89. The Morgan fingerprint density at radius 1 is 1.17 bits per heavy atom. The van der Waals surface area contributed by atoms with Crippen LogP contribution in [0.15, 0.2) is 76.7 Å². The number of terminal acetylenes is 1. The molecule has 0 aliphatic carbocycles. The molecule has 2 atom stereocenters. The maximum atomic E-state index is 13.6. The second-order valence-electron chi connectivity index (χ2n) is 9.74. The molecular weight excluding hydrogens is 523 g/mol. The van der Waals surface area contributed by atoms with Crippen LogP contribution in [-0.4, -0.2) is 32.4 Å². The van der Waals surface area contributed by atoms with Crippen molar-refractivity contribution < 1.29 is 19.1 Å². The van der Waals surface area contributed by atoms with E-state index in [4.69, 9.17) is 21.4 Å². The van der Waals surface area contributed by atoms with Crippen LogP contribution in [0.4, 0.5) is 4.39 Å². The number of hydrogen-bond acceptors (Lipinski definition) is 6. The Bertz CT molecular complexity index is 1800. The molecule has 41 heavy (non-hydrogen) atoms. The summed E-state index contributed by atoms with van der Waals surface area (Å²) in [5.41, 5.74) is 3.35. The summed E-state index contributed by atoms with van der Waals surface area (Å²) in [4.78, 5) is 35.0. The monoisotopic (exact) mass is 548 g/mol. The second kappa shape index (κ2) is 11.8. The summed E-state index contributed by atoms with van der Waals surface area (Å²) in [7, 11) is 0. The molecule has 0 saturated carbocycles. The molecule has 0 saturated heterocycles. The van der Waals surface area contributed by atoms with Crippen LogP contribution in [0, 0.1) is 29.5 Å². The summed E-state index contributed by atoms with van der Waals surface area (Å²) in [6.45, 7) is 0. The number of hydrogen-bond donors (Lipinski definition) is 1. The van der Waals surface area contributed by atoms with Gasteiger partial charge < -0.3 is 9.94 Å². The summed E-state index contributed by atoms with van der Waals surface area (Å²) in [5, 5.41) is 23.5. The first kappa shape index (κ1) is 27.3. The van der Waals surface area contributed by atoms with Gasteiger partial charge in [0.25, 0.3) is 5.56 Å². The van der Waals surface area contributed by atoms with Gasteiger partial charge in [-0.15, -0.1) is 6.42 Å². The van der Waals surface area contributed by atoms with Crippen LogP contribution in [0.2, 0.25) is 0 Å². The van der Waals surface area contributed by atoms with E-state index in [-0.39, 0.29) is 12.0 Å². The van der Waals surface area contributed by atoms with Crippen LogP contribution >= 0.6 is 0 Å². The third-order valence-corrected chi connectivity index (χ3v) is 7.01. The summed E-state index contributed by atoms with van der Waals surface area (Å²) in [6, 6.07) is 20.3. The van der Waals surface area contributed by atoms with Gasteiger partial charge in [0.1, 0.15) is 17.6 Å². The van der Waals surface area contributed by atoms with Crippen LogP contribution in [-0.2, 0) is 16.1 Å². The molecule has 1 aromatic heterocycles. The number of oxime groups is 1. The highest BCUT2D eigenvalue weighted by Crippen LogP contribution is 2.30. The molecule has 3 aromatic carbocycles. The number of aliphatic carboxylic acids is 1. The van der Waals surface area contributed by atoms with Crippen LogP contribution in [0.5, 0.6) is 0 Å². The summed E-state index contributed by atoms with van der Waals surface area (Å²) in [5.74, 6) is 1.12. The fraction of sp³-hybridized carbons (Fsp3) is 0.219. The van der Waals surface area contributed by atoms with Crippen LogP contribution in [0.1, 0.15) is 54.1 Å². The molecule has 0 fully saturated rings. The van der Waals surface area contributed by atoms with Crippen LogP contribution in [0.3, 0.4) is 0 Å². The quantitative estimate of drug-likeness (QED) is 0.230. The number of carboxylic acid groups (broad SMARTS) is 1. The fourth-order valence-corrected chi connectivity index (χ4v) is 4.93. The normalized spacial score (nSPS) is 15.0. The lowest BCUT2D eigenvalue weighted by atomic mass is 9.90. The van der Waals surface area contributed by atoms with Crippen molar-refractivity contribution in [2.24, 2.45) is 5.16 Å². The van der Waals surface area contributed by atoms with E-state index >= 15 is 0 Å². The lowest BCUT2D eigenvalue weighted by molar-refractivity contribution is -0.137. The Morgan fingerprint density at radius 3 is 2.71 bits per heavy atom. The Labute approximate surface area is 235 Å². The number of aryl methyl sites for hydroxylation is 1. The number of unbranched alkanes of at least 4 members (excludes halogenated alkanes) is 1. The van der Waals surface area contributed by atoms with Crippen molar-refractivity contribution in [3.63, 3.8) is 0 Å². The highest BCUT2D eigenvalue weighted by atomic mass is 19.1. The van der Waals surface area contributed by atoms with Gasteiger partial charge in [0.2, 0.25) is 0 Å². The zero-order valence-electron chi connectivity index (χ0n) is 22.0. The Hall–Kier alpha value is -5.28. The van der Waals surface area contributed by atoms with E-state index in [1.807, 2.05) is 6.07 Å². The molecule has 1 N–H and O–H groups in total. The third-order valence-electron chi connectivity index (χ3n) is 7.01. The maximum absolute atomic E-state index is 13.6. The number of carboxylic acids is 1. The van der Waals surface area contributed by atoms with Crippen molar-refractivity contribution in [3.8, 4) is 24.1 Å². The van der Waals surface area contributed by atoms with Crippen LogP contribution in [0.25, 0.3) is 16.6 Å². The average molecular weight is 549 g/mol. The number of fused-ring (bicyclic) bond motifs is 1.